The molecule has 0 atom stereocenters. The van der Waals surface area contributed by atoms with Gasteiger partial charge in [0.2, 0.25) is 0 Å². The molecule has 0 aliphatic rings. The molecule has 3 rings (SSSR count). The van der Waals surface area contributed by atoms with Crippen molar-refractivity contribution in [3.05, 3.63) is 22.0 Å². The molecule has 82 valence electrons. The molecule has 0 spiro atoms. The summed E-state index contributed by atoms with van der Waals surface area (Å²) in [5.74, 6) is 0.718. The van der Waals surface area contributed by atoms with Crippen LogP contribution in [0.4, 0.5) is 0 Å². The minimum Gasteiger partial charge on any atom is -0.441 e. The van der Waals surface area contributed by atoms with Crippen LogP contribution in [0.5, 0.6) is 0 Å². The van der Waals surface area contributed by atoms with Crippen LogP contribution in [-0.4, -0.2) is 9.97 Å². The van der Waals surface area contributed by atoms with Gasteiger partial charge in [-0.25, -0.2) is 9.97 Å². The molecular weight excluding hydrogens is 220 g/mol. The van der Waals surface area contributed by atoms with Crippen molar-refractivity contribution in [2.75, 3.05) is 0 Å². The highest BCUT2D eigenvalue weighted by molar-refractivity contribution is 7.18. The van der Waals surface area contributed by atoms with Crippen LogP contribution in [0.15, 0.2) is 4.42 Å². The summed E-state index contributed by atoms with van der Waals surface area (Å²) in [6.07, 6.45) is 0. The molecule has 0 N–H and O–H groups in total. The van der Waals surface area contributed by atoms with Gasteiger partial charge in [-0.1, -0.05) is 0 Å². The van der Waals surface area contributed by atoms with Crippen molar-refractivity contribution in [2.24, 2.45) is 0 Å². The summed E-state index contributed by atoms with van der Waals surface area (Å²) < 4.78 is 6.89. The Balaban J connectivity index is 2.63. The first-order chi connectivity index (χ1) is 7.58. The maximum absolute atomic E-state index is 5.66. The lowest BCUT2D eigenvalue weighted by Gasteiger charge is -1.99. The van der Waals surface area contributed by atoms with E-state index in [1.807, 2.05) is 13.8 Å². The molecule has 16 heavy (non-hydrogen) atoms. The summed E-state index contributed by atoms with van der Waals surface area (Å²) in [5, 5.41) is 1.09. The van der Waals surface area contributed by atoms with Gasteiger partial charge in [-0.2, -0.15) is 0 Å². The lowest BCUT2D eigenvalue weighted by Crippen LogP contribution is -1.84. The van der Waals surface area contributed by atoms with Crippen LogP contribution in [-0.2, 0) is 0 Å². The summed E-state index contributed by atoms with van der Waals surface area (Å²) >= 11 is 1.72. The molecule has 0 aliphatic heterocycles. The largest absolute Gasteiger partial charge is 0.441 e. The van der Waals surface area contributed by atoms with Gasteiger partial charge in [0.15, 0.2) is 11.5 Å². The van der Waals surface area contributed by atoms with E-state index in [0.717, 1.165) is 38.6 Å². The van der Waals surface area contributed by atoms with Gasteiger partial charge >= 0.3 is 0 Å². The minimum atomic E-state index is 0.718. The fourth-order valence-corrected chi connectivity index (χ4v) is 3.06. The fraction of sp³-hybridized carbons (Fsp3) is 0.333. The fourth-order valence-electron chi connectivity index (χ4n) is 2.09. The second-order valence-corrected chi connectivity index (χ2v) is 5.27. The molecule has 0 unspecified atom stereocenters. The molecule has 0 fully saturated rings. The number of hydrogen-bond donors (Lipinski definition) is 0. The van der Waals surface area contributed by atoms with E-state index < -0.39 is 0 Å². The summed E-state index contributed by atoms with van der Waals surface area (Å²) in [7, 11) is 0. The normalized spacial score (nSPS) is 11.8. The minimum absolute atomic E-state index is 0.718. The lowest BCUT2D eigenvalue weighted by atomic mass is 10.1. The Labute approximate surface area is 97.1 Å². The number of nitrogens with zero attached hydrogens (tertiary/aromatic N) is 2. The zero-order valence-electron chi connectivity index (χ0n) is 9.71. The number of aromatic nitrogens is 2. The lowest BCUT2D eigenvalue weighted by molar-refractivity contribution is 0.559. The van der Waals surface area contributed by atoms with E-state index in [1.54, 1.807) is 11.3 Å². The molecular formula is C12H12N2OS. The molecule has 3 aromatic rings. The van der Waals surface area contributed by atoms with Crippen LogP contribution in [0.2, 0.25) is 0 Å². The monoisotopic (exact) mass is 232 g/mol. The Morgan fingerprint density at radius 1 is 0.938 bits per heavy atom. The highest BCUT2D eigenvalue weighted by Crippen LogP contribution is 2.34. The quantitative estimate of drug-likeness (QED) is 0.593. The van der Waals surface area contributed by atoms with E-state index in [9.17, 15) is 0 Å². The molecule has 0 saturated heterocycles. The van der Waals surface area contributed by atoms with E-state index in [0.29, 0.717) is 0 Å². The molecule has 2 heterocycles. The summed E-state index contributed by atoms with van der Waals surface area (Å²) in [6.45, 7) is 8.05. The Morgan fingerprint density at radius 2 is 1.69 bits per heavy atom. The third-order valence-electron chi connectivity index (χ3n) is 2.86. The molecule has 0 saturated carbocycles. The molecule has 0 radical (unpaired) electrons. The van der Waals surface area contributed by atoms with Crippen molar-refractivity contribution in [3.8, 4) is 0 Å². The standard InChI is InChI=1S/C12H12N2OS/c1-5-9-11(15-7(3)13-9)6(2)12-10(5)14-8(4)16-12/h1-4H3. The topological polar surface area (TPSA) is 38.9 Å². The number of rotatable bonds is 0. The van der Waals surface area contributed by atoms with Gasteiger partial charge in [0.05, 0.1) is 15.2 Å². The Bertz CT molecular complexity index is 594. The maximum Gasteiger partial charge on any atom is 0.192 e. The molecule has 3 nitrogen and oxygen atoms in total. The first-order valence-corrected chi connectivity index (χ1v) is 6.03. The first kappa shape index (κ1) is 9.78. The van der Waals surface area contributed by atoms with E-state index in [1.165, 1.54) is 4.70 Å². The molecule has 0 aliphatic carbocycles. The second kappa shape index (κ2) is 3.04. The number of thiazole rings is 1. The predicted molar refractivity (Wildman–Crippen MR) is 66.1 cm³/mol. The number of aryl methyl sites for hydroxylation is 4. The van der Waals surface area contributed by atoms with E-state index >= 15 is 0 Å². The molecule has 1 aromatic carbocycles. The SMILES string of the molecule is Cc1nc2c(C)c3nc(C)sc3c(C)c2o1. The summed E-state index contributed by atoms with van der Waals surface area (Å²) in [5.41, 5.74) is 5.21. The van der Waals surface area contributed by atoms with E-state index in [2.05, 4.69) is 23.8 Å². The van der Waals surface area contributed by atoms with Gasteiger partial charge in [-0.15, -0.1) is 11.3 Å². The third kappa shape index (κ3) is 1.13. The van der Waals surface area contributed by atoms with Gasteiger partial charge in [0, 0.05) is 18.1 Å². The van der Waals surface area contributed by atoms with Crippen molar-refractivity contribution >= 4 is 32.7 Å². The summed E-state index contributed by atoms with van der Waals surface area (Å²) in [4.78, 5) is 9.00. The highest BCUT2D eigenvalue weighted by atomic mass is 32.1. The van der Waals surface area contributed by atoms with Crippen LogP contribution >= 0.6 is 11.3 Å². The van der Waals surface area contributed by atoms with Gasteiger partial charge in [0.1, 0.15) is 5.52 Å². The Kier molecular flexibility index (Phi) is 1.86. The zero-order valence-corrected chi connectivity index (χ0v) is 10.5. The van der Waals surface area contributed by atoms with Crippen LogP contribution in [0, 0.1) is 27.7 Å². The maximum atomic E-state index is 5.66. The first-order valence-electron chi connectivity index (χ1n) is 5.21. The van der Waals surface area contributed by atoms with Crippen LogP contribution in [0.3, 0.4) is 0 Å². The summed E-state index contributed by atoms with van der Waals surface area (Å²) in [6, 6.07) is 0. The molecule has 0 amide bonds. The number of benzene rings is 1. The smallest absolute Gasteiger partial charge is 0.192 e. The van der Waals surface area contributed by atoms with Crippen LogP contribution in [0.1, 0.15) is 22.0 Å². The van der Waals surface area contributed by atoms with Crippen molar-refractivity contribution in [3.63, 3.8) is 0 Å². The zero-order chi connectivity index (χ0) is 11.4. The molecule has 2 aromatic heterocycles. The van der Waals surface area contributed by atoms with Gasteiger partial charge < -0.3 is 4.42 Å². The molecule has 0 bridgehead atoms. The number of hydrogen-bond acceptors (Lipinski definition) is 4. The number of oxazole rings is 1. The van der Waals surface area contributed by atoms with Gasteiger partial charge in [-0.3, -0.25) is 0 Å². The van der Waals surface area contributed by atoms with Crippen LogP contribution in [0.25, 0.3) is 21.3 Å². The average molecular weight is 232 g/mol. The van der Waals surface area contributed by atoms with Crippen molar-refractivity contribution < 1.29 is 4.42 Å². The Hall–Kier alpha value is -1.42. The van der Waals surface area contributed by atoms with Gasteiger partial charge in [0.25, 0.3) is 0 Å². The molecule has 4 heteroatoms. The van der Waals surface area contributed by atoms with Crippen molar-refractivity contribution in [1.82, 2.24) is 9.97 Å². The van der Waals surface area contributed by atoms with E-state index in [-0.39, 0.29) is 0 Å². The third-order valence-corrected chi connectivity index (χ3v) is 3.95. The second-order valence-electron chi connectivity index (χ2n) is 4.07. The Morgan fingerprint density at radius 3 is 2.44 bits per heavy atom. The van der Waals surface area contributed by atoms with E-state index in [4.69, 9.17) is 4.42 Å². The van der Waals surface area contributed by atoms with Crippen LogP contribution < -0.4 is 0 Å². The van der Waals surface area contributed by atoms with Crippen molar-refractivity contribution in [2.45, 2.75) is 27.7 Å². The predicted octanol–water partition coefficient (Wildman–Crippen LogP) is 3.67. The highest BCUT2D eigenvalue weighted by Gasteiger charge is 2.16. The average Bonchev–Trinajstić information content (AvgIpc) is 2.78. The van der Waals surface area contributed by atoms with Crippen molar-refractivity contribution in [1.29, 1.82) is 0 Å². The van der Waals surface area contributed by atoms with Gasteiger partial charge in [-0.05, 0) is 20.8 Å². The number of fused-ring (bicyclic) bond motifs is 2.